The number of carbonyl (C=O) groups excluding carboxylic acids is 1. The van der Waals surface area contributed by atoms with Crippen molar-refractivity contribution < 1.29 is 17.6 Å². The molecule has 0 N–H and O–H groups in total. The number of aryl methyl sites for hydroxylation is 1. The van der Waals surface area contributed by atoms with Gasteiger partial charge in [-0.3, -0.25) is 4.79 Å². The third kappa shape index (κ3) is 3.73. The van der Waals surface area contributed by atoms with Crippen molar-refractivity contribution in [1.82, 2.24) is 4.90 Å². The largest absolute Gasteiger partial charge is 0.451 e. The quantitative estimate of drug-likeness (QED) is 0.579. The Morgan fingerprint density at radius 3 is 2.68 bits per heavy atom. The number of nitrogens with zero attached hydrogens (tertiary/aromatic N) is 1. The molecule has 1 fully saturated rings. The van der Waals surface area contributed by atoms with Crippen LogP contribution in [-0.4, -0.2) is 36.8 Å². The maximum absolute atomic E-state index is 13.4. The van der Waals surface area contributed by atoms with E-state index in [1.165, 1.54) is 0 Å². The fraction of sp³-hybridized carbons (Fsp3) is 0.286. The molecule has 28 heavy (non-hydrogen) atoms. The molecule has 4 rings (SSSR count). The second kappa shape index (κ2) is 7.37. The average Bonchev–Trinajstić information content (AvgIpc) is 3.19. The Morgan fingerprint density at radius 1 is 1.21 bits per heavy atom. The summed E-state index contributed by atoms with van der Waals surface area (Å²) < 4.78 is 30.9. The van der Waals surface area contributed by atoms with Gasteiger partial charge in [0.25, 0.3) is 5.91 Å². The molecule has 0 aliphatic carbocycles. The third-order valence-electron chi connectivity index (χ3n) is 5.19. The highest BCUT2D eigenvalue weighted by Crippen LogP contribution is 2.29. The van der Waals surface area contributed by atoms with Crippen LogP contribution in [0.25, 0.3) is 11.0 Å². The number of sulfone groups is 1. The van der Waals surface area contributed by atoms with Gasteiger partial charge in [-0.15, -0.1) is 0 Å². The summed E-state index contributed by atoms with van der Waals surface area (Å²) >= 11 is 3.45. The zero-order chi connectivity index (χ0) is 19.9. The van der Waals surface area contributed by atoms with Gasteiger partial charge in [0.15, 0.2) is 15.6 Å². The molecule has 146 valence electrons. The van der Waals surface area contributed by atoms with E-state index in [0.717, 1.165) is 21.0 Å². The van der Waals surface area contributed by atoms with E-state index >= 15 is 0 Å². The summed E-state index contributed by atoms with van der Waals surface area (Å²) in [6.07, 6.45) is 0.446. The number of benzene rings is 2. The van der Waals surface area contributed by atoms with Crippen molar-refractivity contribution in [2.24, 2.45) is 0 Å². The van der Waals surface area contributed by atoms with Gasteiger partial charge in [0.1, 0.15) is 5.58 Å². The predicted octanol–water partition coefficient (Wildman–Crippen LogP) is 4.33. The van der Waals surface area contributed by atoms with Crippen LogP contribution in [0.5, 0.6) is 0 Å². The van der Waals surface area contributed by atoms with Crippen molar-refractivity contribution in [3.63, 3.8) is 0 Å². The summed E-state index contributed by atoms with van der Waals surface area (Å²) in [6.45, 7) is 2.19. The highest BCUT2D eigenvalue weighted by molar-refractivity contribution is 9.10. The summed E-state index contributed by atoms with van der Waals surface area (Å²) in [5.74, 6) is 0.113. The van der Waals surface area contributed by atoms with Crippen LogP contribution in [0.2, 0.25) is 0 Å². The molecule has 2 heterocycles. The van der Waals surface area contributed by atoms with Gasteiger partial charge in [0.05, 0.1) is 11.5 Å². The molecule has 7 heteroatoms. The molecule has 1 atom stereocenters. The third-order valence-corrected chi connectivity index (χ3v) is 7.43. The molecule has 1 aliphatic heterocycles. The maximum atomic E-state index is 13.4. The smallest absolute Gasteiger partial charge is 0.290 e. The Kier molecular flexibility index (Phi) is 5.05. The van der Waals surface area contributed by atoms with E-state index in [1.807, 2.05) is 55.5 Å². The van der Waals surface area contributed by atoms with Crippen molar-refractivity contribution >= 4 is 42.6 Å². The number of furan rings is 1. The summed E-state index contributed by atoms with van der Waals surface area (Å²) in [5, 5.41) is 0.896. The first-order valence-corrected chi connectivity index (χ1v) is 11.7. The Morgan fingerprint density at radius 2 is 2.00 bits per heavy atom. The van der Waals surface area contributed by atoms with Crippen molar-refractivity contribution in [1.29, 1.82) is 0 Å². The predicted molar refractivity (Wildman–Crippen MR) is 112 cm³/mol. The lowest BCUT2D eigenvalue weighted by Gasteiger charge is -2.28. The molecule has 0 saturated carbocycles. The minimum atomic E-state index is -3.13. The SMILES string of the molecule is Cc1c(C(=O)N(Cc2cccc(Br)c2)[C@H]2CCS(=O)(=O)C2)oc2ccccc12. The van der Waals surface area contributed by atoms with E-state index in [1.54, 1.807) is 4.90 Å². The summed E-state index contributed by atoms with van der Waals surface area (Å²) in [4.78, 5) is 15.1. The summed E-state index contributed by atoms with van der Waals surface area (Å²) in [6, 6.07) is 14.9. The van der Waals surface area contributed by atoms with E-state index in [4.69, 9.17) is 4.42 Å². The van der Waals surface area contributed by atoms with Gasteiger partial charge in [0, 0.05) is 28.0 Å². The molecule has 3 aromatic rings. The molecule has 0 unspecified atom stereocenters. The van der Waals surface area contributed by atoms with E-state index in [0.29, 0.717) is 18.5 Å². The zero-order valence-electron chi connectivity index (χ0n) is 15.4. The Hall–Kier alpha value is -2.12. The van der Waals surface area contributed by atoms with Crippen LogP contribution in [0.15, 0.2) is 57.4 Å². The zero-order valence-corrected chi connectivity index (χ0v) is 17.8. The lowest BCUT2D eigenvalue weighted by molar-refractivity contribution is 0.0649. The number of para-hydroxylation sites is 1. The first kappa shape index (κ1) is 19.2. The number of hydrogen-bond acceptors (Lipinski definition) is 4. The number of hydrogen-bond donors (Lipinski definition) is 0. The van der Waals surface area contributed by atoms with Crippen LogP contribution < -0.4 is 0 Å². The Balaban J connectivity index is 1.73. The summed E-state index contributed by atoms with van der Waals surface area (Å²) in [5.41, 5.74) is 2.37. The average molecular weight is 462 g/mol. The standard InChI is InChI=1S/C21H20BrNO4S/c1-14-18-7-2-3-8-19(18)27-20(14)21(24)23(17-9-10-28(25,26)13-17)12-15-5-4-6-16(22)11-15/h2-8,11,17H,9-10,12-13H2,1H3/t17-/m0/s1. The van der Waals surface area contributed by atoms with Crippen molar-refractivity contribution in [3.05, 3.63) is 69.9 Å². The Labute approximate surface area is 172 Å². The fourth-order valence-corrected chi connectivity index (χ4v) is 5.91. The normalized spacial score (nSPS) is 18.4. The van der Waals surface area contributed by atoms with Crippen LogP contribution in [-0.2, 0) is 16.4 Å². The maximum Gasteiger partial charge on any atom is 0.290 e. The molecule has 1 aromatic heterocycles. The second-order valence-corrected chi connectivity index (χ2v) is 10.3. The first-order chi connectivity index (χ1) is 13.3. The lowest BCUT2D eigenvalue weighted by atomic mass is 10.1. The second-order valence-electron chi connectivity index (χ2n) is 7.17. The van der Waals surface area contributed by atoms with Gasteiger partial charge in [0.2, 0.25) is 0 Å². The van der Waals surface area contributed by atoms with Gasteiger partial charge < -0.3 is 9.32 Å². The monoisotopic (exact) mass is 461 g/mol. The molecule has 5 nitrogen and oxygen atoms in total. The highest BCUT2D eigenvalue weighted by atomic mass is 79.9. The molecular formula is C21H20BrNO4S. The van der Waals surface area contributed by atoms with E-state index in [9.17, 15) is 13.2 Å². The Bertz CT molecular complexity index is 1150. The van der Waals surface area contributed by atoms with E-state index < -0.39 is 9.84 Å². The van der Waals surface area contributed by atoms with Crippen molar-refractivity contribution in [3.8, 4) is 0 Å². The van der Waals surface area contributed by atoms with Gasteiger partial charge in [-0.25, -0.2) is 8.42 Å². The lowest BCUT2D eigenvalue weighted by Crippen LogP contribution is -2.40. The minimum absolute atomic E-state index is 0.00792. The molecule has 2 aromatic carbocycles. The minimum Gasteiger partial charge on any atom is -0.451 e. The van der Waals surface area contributed by atoms with Crippen LogP contribution in [0, 0.1) is 6.92 Å². The van der Waals surface area contributed by atoms with Crippen LogP contribution in [0.1, 0.15) is 28.1 Å². The molecular weight excluding hydrogens is 442 g/mol. The van der Waals surface area contributed by atoms with E-state index in [2.05, 4.69) is 15.9 Å². The van der Waals surface area contributed by atoms with Crippen molar-refractivity contribution in [2.45, 2.75) is 25.9 Å². The molecule has 0 radical (unpaired) electrons. The van der Waals surface area contributed by atoms with Crippen LogP contribution in [0.3, 0.4) is 0 Å². The van der Waals surface area contributed by atoms with Gasteiger partial charge in [-0.2, -0.15) is 0 Å². The fourth-order valence-electron chi connectivity index (χ4n) is 3.73. The van der Waals surface area contributed by atoms with E-state index in [-0.39, 0.29) is 29.2 Å². The molecule has 1 saturated heterocycles. The van der Waals surface area contributed by atoms with Gasteiger partial charge in [-0.05, 0) is 37.1 Å². The van der Waals surface area contributed by atoms with Crippen molar-refractivity contribution in [2.75, 3.05) is 11.5 Å². The van der Waals surface area contributed by atoms with Crippen LogP contribution >= 0.6 is 15.9 Å². The number of fused-ring (bicyclic) bond motifs is 1. The number of halogens is 1. The number of rotatable bonds is 4. The number of carbonyl (C=O) groups is 1. The molecule has 1 aliphatic rings. The molecule has 1 amide bonds. The van der Waals surface area contributed by atoms with Gasteiger partial charge in [-0.1, -0.05) is 46.3 Å². The topological polar surface area (TPSA) is 67.6 Å². The molecule has 0 spiro atoms. The highest BCUT2D eigenvalue weighted by Gasteiger charge is 2.36. The van der Waals surface area contributed by atoms with Gasteiger partial charge >= 0.3 is 0 Å². The molecule has 0 bridgehead atoms. The first-order valence-electron chi connectivity index (χ1n) is 9.08. The summed E-state index contributed by atoms with van der Waals surface area (Å²) in [7, 11) is -3.13. The number of amides is 1. The van der Waals surface area contributed by atoms with Crippen LogP contribution in [0.4, 0.5) is 0 Å².